The minimum atomic E-state index is 0.622. The molecular weight excluding hydrogens is 212 g/mol. The van der Waals surface area contributed by atoms with Crippen molar-refractivity contribution in [2.75, 3.05) is 33.4 Å². The van der Waals surface area contributed by atoms with E-state index < -0.39 is 0 Å². The number of nitrogens with one attached hydrogen (secondary N) is 1. The molecule has 3 nitrogen and oxygen atoms in total. The number of hydrogen-bond acceptors (Lipinski definition) is 3. The summed E-state index contributed by atoms with van der Waals surface area (Å²) in [6, 6.07) is 1.24. The van der Waals surface area contributed by atoms with Crippen LogP contribution in [-0.2, 0) is 4.74 Å². The summed E-state index contributed by atoms with van der Waals surface area (Å²) in [5.74, 6) is 1.37. The second-order valence-corrected chi connectivity index (χ2v) is 5.96. The molecule has 1 heterocycles. The van der Waals surface area contributed by atoms with Crippen LogP contribution in [-0.4, -0.2) is 50.3 Å². The second-order valence-electron chi connectivity index (χ2n) is 5.96. The molecule has 0 saturated carbocycles. The monoisotopic (exact) mass is 242 g/mol. The summed E-state index contributed by atoms with van der Waals surface area (Å²) < 4.78 is 5.63. The highest BCUT2D eigenvalue weighted by atomic mass is 16.5. The third kappa shape index (κ3) is 4.94. The number of hydrogen-bond donors (Lipinski definition) is 1. The molecule has 1 N–H and O–H groups in total. The summed E-state index contributed by atoms with van der Waals surface area (Å²) in [5, 5.41) is 3.44. The van der Waals surface area contributed by atoms with E-state index in [2.05, 4.69) is 45.0 Å². The number of rotatable bonds is 6. The molecule has 0 amide bonds. The largest absolute Gasteiger partial charge is 0.381 e. The van der Waals surface area contributed by atoms with Gasteiger partial charge >= 0.3 is 0 Å². The molecule has 0 aromatic heterocycles. The summed E-state index contributed by atoms with van der Waals surface area (Å²) in [6.07, 6.45) is 1.15. The molecule has 1 fully saturated rings. The van der Waals surface area contributed by atoms with Gasteiger partial charge < -0.3 is 15.0 Å². The Morgan fingerprint density at radius 1 is 1.29 bits per heavy atom. The van der Waals surface area contributed by atoms with Gasteiger partial charge in [-0.2, -0.15) is 0 Å². The van der Waals surface area contributed by atoms with E-state index in [-0.39, 0.29) is 0 Å². The Morgan fingerprint density at radius 3 is 2.53 bits per heavy atom. The third-order valence-electron chi connectivity index (χ3n) is 3.64. The minimum Gasteiger partial charge on any atom is -0.381 e. The Balaban J connectivity index is 2.51. The molecule has 1 aliphatic rings. The van der Waals surface area contributed by atoms with E-state index in [0.29, 0.717) is 18.0 Å². The molecule has 0 aliphatic carbocycles. The van der Waals surface area contributed by atoms with E-state index in [1.807, 2.05) is 0 Å². The van der Waals surface area contributed by atoms with Gasteiger partial charge in [0.05, 0.1) is 6.61 Å². The van der Waals surface area contributed by atoms with Crippen LogP contribution in [0.25, 0.3) is 0 Å². The van der Waals surface area contributed by atoms with Gasteiger partial charge in [-0.1, -0.05) is 13.8 Å². The van der Waals surface area contributed by atoms with Crippen molar-refractivity contribution in [3.05, 3.63) is 0 Å². The molecule has 0 spiro atoms. The van der Waals surface area contributed by atoms with E-state index in [1.165, 1.54) is 6.54 Å². The molecule has 17 heavy (non-hydrogen) atoms. The van der Waals surface area contributed by atoms with Gasteiger partial charge in [-0.05, 0) is 33.2 Å². The zero-order valence-corrected chi connectivity index (χ0v) is 12.2. The molecule has 1 saturated heterocycles. The molecule has 0 bridgehead atoms. The van der Waals surface area contributed by atoms with Crippen LogP contribution in [0.3, 0.4) is 0 Å². The standard InChI is InChI=1S/C14H30N2O/c1-11(2)8-16(12(3)4)9-13-10-17-7-6-14(13)15-5/h11-15H,6-10H2,1-5H3. The molecule has 1 aliphatic heterocycles. The molecule has 3 heteroatoms. The Kier molecular flexibility index (Phi) is 6.45. The van der Waals surface area contributed by atoms with E-state index in [9.17, 15) is 0 Å². The lowest BCUT2D eigenvalue weighted by Crippen LogP contribution is -2.48. The average molecular weight is 242 g/mol. The van der Waals surface area contributed by atoms with Crippen molar-refractivity contribution in [1.82, 2.24) is 10.2 Å². The van der Waals surface area contributed by atoms with Crippen molar-refractivity contribution in [1.29, 1.82) is 0 Å². The zero-order chi connectivity index (χ0) is 12.8. The molecular formula is C14H30N2O. The highest BCUT2D eigenvalue weighted by molar-refractivity contribution is 4.82. The van der Waals surface area contributed by atoms with Gasteiger partial charge in [0, 0.05) is 37.7 Å². The van der Waals surface area contributed by atoms with E-state index >= 15 is 0 Å². The Labute approximate surface area is 107 Å². The van der Waals surface area contributed by atoms with Crippen LogP contribution in [0.4, 0.5) is 0 Å². The molecule has 2 unspecified atom stereocenters. The van der Waals surface area contributed by atoms with Crippen molar-refractivity contribution in [2.24, 2.45) is 11.8 Å². The lowest BCUT2D eigenvalue weighted by molar-refractivity contribution is 0.0120. The van der Waals surface area contributed by atoms with Crippen LogP contribution in [0.1, 0.15) is 34.1 Å². The third-order valence-corrected chi connectivity index (χ3v) is 3.64. The fourth-order valence-corrected chi connectivity index (χ4v) is 2.62. The molecule has 102 valence electrons. The Morgan fingerprint density at radius 2 is 2.00 bits per heavy atom. The molecule has 0 radical (unpaired) electrons. The van der Waals surface area contributed by atoms with Gasteiger partial charge in [0.15, 0.2) is 0 Å². The van der Waals surface area contributed by atoms with Crippen LogP contribution in [0.2, 0.25) is 0 Å². The fraction of sp³-hybridized carbons (Fsp3) is 1.00. The lowest BCUT2D eigenvalue weighted by Gasteiger charge is -2.37. The van der Waals surface area contributed by atoms with E-state index in [0.717, 1.165) is 32.1 Å². The molecule has 0 aromatic rings. The van der Waals surface area contributed by atoms with Gasteiger partial charge in [-0.3, -0.25) is 0 Å². The fourth-order valence-electron chi connectivity index (χ4n) is 2.62. The predicted molar refractivity (Wildman–Crippen MR) is 73.3 cm³/mol. The van der Waals surface area contributed by atoms with Gasteiger partial charge in [0.2, 0.25) is 0 Å². The summed E-state index contributed by atoms with van der Waals surface area (Å²) in [6.45, 7) is 13.3. The van der Waals surface area contributed by atoms with Crippen molar-refractivity contribution in [3.8, 4) is 0 Å². The van der Waals surface area contributed by atoms with Crippen LogP contribution >= 0.6 is 0 Å². The maximum absolute atomic E-state index is 5.63. The molecule has 2 atom stereocenters. The topological polar surface area (TPSA) is 24.5 Å². The Bertz CT molecular complexity index is 206. The second kappa shape index (κ2) is 7.34. The van der Waals surface area contributed by atoms with Crippen molar-refractivity contribution < 1.29 is 4.74 Å². The quantitative estimate of drug-likeness (QED) is 0.771. The normalized spacial score (nSPS) is 26.1. The van der Waals surface area contributed by atoms with Gasteiger partial charge in [0.25, 0.3) is 0 Å². The smallest absolute Gasteiger partial charge is 0.0521 e. The highest BCUT2D eigenvalue weighted by Gasteiger charge is 2.27. The molecule has 0 aromatic carbocycles. The van der Waals surface area contributed by atoms with Crippen molar-refractivity contribution in [2.45, 2.75) is 46.2 Å². The lowest BCUT2D eigenvalue weighted by atomic mass is 9.94. The van der Waals surface area contributed by atoms with Gasteiger partial charge in [-0.25, -0.2) is 0 Å². The van der Waals surface area contributed by atoms with Crippen LogP contribution in [0.5, 0.6) is 0 Å². The number of nitrogens with zero attached hydrogens (tertiary/aromatic N) is 1. The average Bonchev–Trinajstić information content (AvgIpc) is 2.28. The SMILES string of the molecule is CNC1CCOCC1CN(CC(C)C)C(C)C. The zero-order valence-electron chi connectivity index (χ0n) is 12.2. The van der Waals surface area contributed by atoms with Crippen molar-refractivity contribution >= 4 is 0 Å². The van der Waals surface area contributed by atoms with E-state index in [1.54, 1.807) is 0 Å². The maximum Gasteiger partial charge on any atom is 0.0521 e. The van der Waals surface area contributed by atoms with E-state index in [4.69, 9.17) is 4.74 Å². The minimum absolute atomic E-state index is 0.622. The number of ether oxygens (including phenoxy) is 1. The predicted octanol–water partition coefficient (Wildman–Crippen LogP) is 1.98. The van der Waals surface area contributed by atoms with Gasteiger partial charge in [0.1, 0.15) is 0 Å². The van der Waals surface area contributed by atoms with Gasteiger partial charge in [-0.15, -0.1) is 0 Å². The summed E-state index contributed by atoms with van der Waals surface area (Å²) >= 11 is 0. The summed E-state index contributed by atoms with van der Waals surface area (Å²) in [7, 11) is 2.07. The van der Waals surface area contributed by atoms with Crippen molar-refractivity contribution in [3.63, 3.8) is 0 Å². The summed E-state index contributed by atoms with van der Waals surface area (Å²) in [5.41, 5.74) is 0. The maximum atomic E-state index is 5.63. The first kappa shape index (κ1) is 14.9. The summed E-state index contributed by atoms with van der Waals surface area (Å²) in [4.78, 5) is 2.59. The highest BCUT2D eigenvalue weighted by Crippen LogP contribution is 2.18. The first-order valence-corrected chi connectivity index (χ1v) is 7.03. The van der Waals surface area contributed by atoms with Crippen LogP contribution < -0.4 is 5.32 Å². The molecule has 1 rings (SSSR count). The Hall–Kier alpha value is -0.120. The van der Waals surface area contributed by atoms with Crippen LogP contribution in [0.15, 0.2) is 0 Å². The van der Waals surface area contributed by atoms with Crippen LogP contribution in [0, 0.1) is 11.8 Å². The first-order chi connectivity index (χ1) is 8.04. The first-order valence-electron chi connectivity index (χ1n) is 7.03.